The highest BCUT2D eigenvalue weighted by molar-refractivity contribution is 7.92. The molecule has 0 unspecified atom stereocenters. The largest absolute Gasteiger partial charge is 0.341 e. The number of nitrogens with one attached hydrogen (secondary N) is 1. The van der Waals surface area contributed by atoms with Crippen molar-refractivity contribution in [3.05, 3.63) is 60.2 Å². The van der Waals surface area contributed by atoms with Gasteiger partial charge < -0.3 is 5.32 Å². The Morgan fingerprint density at radius 3 is 2.52 bits per heavy atom. The topological polar surface area (TPSA) is 66.5 Å². The van der Waals surface area contributed by atoms with Crippen molar-refractivity contribution in [2.45, 2.75) is 4.90 Å². The first-order valence-corrected chi connectivity index (χ1v) is 8.26. The zero-order valence-corrected chi connectivity index (χ0v) is 13.4. The van der Waals surface area contributed by atoms with E-state index in [-0.39, 0.29) is 17.0 Å². The van der Waals surface area contributed by atoms with Crippen LogP contribution >= 0.6 is 0 Å². The molecule has 23 heavy (non-hydrogen) atoms. The molecular weight excluding hydrogens is 312 g/mol. The lowest BCUT2D eigenvalue weighted by atomic mass is 10.2. The minimum absolute atomic E-state index is 0.0391. The number of hydrogen-bond donors (Lipinski definition) is 1. The van der Waals surface area contributed by atoms with Crippen molar-refractivity contribution in [3.8, 4) is 12.3 Å². The van der Waals surface area contributed by atoms with Crippen molar-refractivity contribution in [1.82, 2.24) is 5.32 Å². The predicted molar refractivity (Wildman–Crippen MR) is 89.6 cm³/mol. The molecule has 0 aliphatic carbocycles. The van der Waals surface area contributed by atoms with Crippen LogP contribution in [0.2, 0.25) is 0 Å². The van der Waals surface area contributed by atoms with Crippen LogP contribution in [-0.4, -0.2) is 27.9 Å². The summed E-state index contributed by atoms with van der Waals surface area (Å²) in [6.45, 7) is 0.0831. The first-order chi connectivity index (χ1) is 11.0. The summed E-state index contributed by atoms with van der Waals surface area (Å²) in [5.41, 5.74) is 0.775. The Kier molecular flexibility index (Phi) is 5.04. The summed E-state index contributed by atoms with van der Waals surface area (Å²) in [7, 11) is -2.29. The smallest absolute Gasteiger partial charge is 0.264 e. The van der Waals surface area contributed by atoms with Crippen LogP contribution in [0.25, 0.3) is 0 Å². The maximum atomic E-state index is 12.7. The molecule has 1 amide bonds. The second kappa shape index (κ2) is 6.99. The van der Waals surface area contributed by atoms with E-state index >= 15 is 0 Å². The van der Waals surface area contributed by atoms with E-state index < -0.39 is 15.9 Å². The molecule has 0 aromatic heterocycles. The molecule has 6 heteroatoms. The van der Waals surface area contributed by atoms with E-state index in [0.29, 0.717) is 5.69 Å². The molecule has 0 aliphatic rings. The molecule has 0 saturated heterocycles. The lowest BCUT2D eigenvalue weighted by Crippen LogP contribution is -2.27. The number of rotatable bonds is 5. The van der Waals surface area contributed by atoms with Crippen LogP contribution in [0, 0.1) is 12.3 Å². The lowest BCUT2D eigenvalue weighted by Gasteiger charge is -2.19. The molecule has 0 saturated carbocycles. The van der Waals surface area contributed by atoms with Crippen molar-refractivity contribution in [1.29, 1.82) is 0 Å². The van der Waals surface area contributed by atoms with Gasteiger partial charge in [-0.25, -0.2) is 8.42 Å². The van der Waals surface area contributed by atoms with Crippen LogP contribution in [-0.2, 0) is 10.0 Å². The van der Waals surface area contributed by atoms with Gasteiger partial charge in [-0.05, 0) is 30.3 Å². The minimum atomic E-state index is -3.76. The van der Waals surface area contributed by atoms with Gasteiger partial charge in [0.05, 0.1) is 17.1 Å². The number of terminal acetylenes is 1. The number of carbonyl (C=O) groups excluding carboxylic acids is 1. The van der Waals surface area contributed by atoms with E-state index in [1.807, 2.05) is 0 Å². The van der Waals surface area contributed by atoms with E-state index in [4.69, 9.17) is 6.42 Å². The third kappa shape index (κ3) is 3.71. The number of amides is 1. The molecule has 0 atom stereocenters. The average Bonchev–Trinajstić information content (AvgIpc) is 2.59. The molecule has 0 heterocycles. The Morgan fingerprint density at radius 2 is 1.87 bits per heavy atom. The normalized spacial score (nSPS) is 10.6. The number of nitrogens with zero attached hydrogens (tertiary/aromatic N) is 1. The van der Waals surface area contributed by atoms with Crippen molar-refractivity contribution >= 4 is 21.6 Å². The fourth-order valence-corrected chi connectivity index (χ4v) is 3.21. The van der Waals surface area contributed by atoms with E-state index in [2.05, 4.69) is 11.2 Å². The first kappa shape index (κ1) is 16.6. The van der Waals surface area contributed by atoms with Crippen LogP contribution in [0.1, 0.15) is 10.4 Å². The van der Waals surface area contributed by atoms with E-state index in [0.717, 1.165) is 0 Å². The Hall–Kier alpha value is -2.78. The Labute approximate surface area is 136 Å². The molecule has 0 bridgehead atoms. The maximum Gasteiger partial charge on any atom is 0.264 e. The maximum absolute atomic E-state index is 12.7. The quantitative estimate of drug-likeness (QED) is 0.852. The van der Waals surface area contributed by atoms with Crippen LogP contribution in [0.5, 0.6) is 0 Å². The number of hydrogen-bond acceptors (Lipinski definition) is 3. The third-order valence-corrected chi connectivity index (χ3v) is 5.01. The molecule has 5 nitrogen and oxygen atoms in total. The molecule has 118 valence electrons. The first-order valence-electron chi connectivity index (χ1n) is 6.82. The average molecular weight is 328 g/mol. The summed E-state index contributed by atoms with van der Waals surface area (Å²) in [6.07, 6.45) is 5.09. The molecule has 0 radical (unpaired) electrons. The molecule has 1 N–H and O–H groups in total. The van der Waals surface area contributed by atoms with Gasteiger partial charge in [0.25, 0.3) is 15.9 Å². The molecular formula is C17H16N2O3S. The van der Waals surface area contributed by atoms with Gasteiger partial charge in [0.1, 0.15) is 0 Å². The summed E-state index contributed by atoms with van der Waals surface area (Å²) in [5.74, 6) is 1.88. The molecule has 2 aromatic carbocycles. The predicted octanol–water partition coefficient (Wildman–Crippen LogP) is 1.87. The summed E-state index contributed by atoms with van der Waals surface area (Å²) >= 11 is 0. The van der Waals surface area contributed by atoms with Crippen LogP contribution in [0.3, 0.4) is 0 Å². The van der Waals surface area contributed by atoms with Crippen LogP contribution < -0.4 is 9.62 Å². The molecule has 0 aliphatic heterocycles. The second-order valence-electron chi connectivity index (χ2n) is 4.72. The van der Waals surface area contributed by atoms with Gasteiger partial charge in [-0.1, -0.05) is 30.2 Å². The highest BCUT2D eigenvalue weighted by Gasteiger charge is 2.22. The highest BCUT2D eigenvalue weighted by Crippen LogP contribution is 2.22. The number of para-hydroxylation sites is 1. The SMILES string of the molecule is C#CCNC(=O)c1cccc(S(=O)(=O)N(C)c2ccccc2)c1. The van der Waals surface area contributed by atoms with Crippen molar-refractivity contribution in [3.63, 3.8) is 0 Å². The second-order valence-corrected chi connectivity index (χ2v) is 6.69. The van der Waals surface area contributed by atoms with Crippen molar-refractivity contribution in [2.75, 3.05) is 17.9 Å². The standard InChI is InChI=1S/C17H16N2O3S/c1-3-12-18-17(20)14-8-7-11-16(13-14)23(21,22)19(2)15-9-5-4-6-10-15/h1,4-11,13H,12H2,2H3,(H,18,20). The van der Waals surface area contributed by atoms with Crippen LogP contribution in [0.15, 0.2) is 59.5 Å². The molecule has 2 aromatic rings. The van der Waals surface area contributed by atoms with Crippen LogP contribution in [0.4, 0.5) is 5.69 Å². The molecule has 0 fully saturated rings. The van der Waals surface area contributed by atoms with E-state index in [1.165, 1.54) is 35.6 Å². The Balaban J connectivity index is 2.34. The van der Waals surface area contributed by atoms with E-state index in [1.54, 1.807) is 30.3 Å². The summed E-state index contributed by atoms with van der Waals surface area (Å²) in [5, 5.41) is 2.50. The van der Waals surface area contributed by atoms with Gasteiger partial charge in [0.15, 0.2) is 0 Å². The fraction of sp³-hybridized carbons (Fsp3) is 0.118. The number of benzene rings is 2. The number of carbonyl (C=O) groups is 1. The van der Waals surface area contributed by atoms with Gasteiger partial charge >= 0.3 is 0 Å². The van der Waals surface area contributed by atoms with Gasteiger partial charge in [-0.15, -0.1) is 6.42 Å². The van der Waals surface area contributed by atoms with Gasteiger partial charge in [0, 0.05) is 12.6 Å². The molecule has 0 spiro atoms. The van der Waals surface area contributed by atoms with Crippen molar-refractivity contribution < 1.29 is 13.2 Å². The lowest BCUT2D eigenvalue weighted by molar-refractivity contribution is 0.0958. The van der Waals surface area contributed by atoms with E-state index in [9.17, 15) is 13.2 Å². The summed E-state index contributed by atoms with van der Waals surface area (Å²) < 4.78 is 26.5. The third-order valence-electron chi connectivity index (χ3n) is 3.23. The number of sulfonamides is 1. The Bertz CT molecular complexity index is 840. The Morgan fingerprint density at radius 1 is 1.17 bits per heavy atom. The summed E-state index contributed by atoms with van der Waals surface area (Å²) in [4.78, 5) is 11.9. The minimum Gasteiger partial charge on any atom is -0.341 e. The monoisotopic (exact) mass is 328 g/mol. The van der Waals surface area contributed by atoms with Gasteiger partial charge in [0.2, 0.25) is 0 Å². The fourth-order valence-electron chi connectivity index (χ4n) is 1.97. The van der Waals surface area contributed by atoms with Crippen molar-refractivity contribution in [2.24, 2.45) is 0 Å². The highest BCUT2D eigenvalue weighted by atomic mass is 32.2. The van der Waals surface area contributed by atoms with Gasteiger partial charge in [-0.2, -0.15) is 0 Å². The molecule has 2 rings (SSSR count). The zero-order chi connectivity index (χ0) is 16.9. The zero-order valence-electron chi connectivity index (χ0n) is 12.6. The summed E-state index contributed by atoms with van der Waals surface area (Å²) in [6, 6.07) is 14.6. The van der Waals surface area contributed by atoms with Gasteiger partial charge in [-0.3, -0.25) is 9.10 Å². The number of anilines is 1.